The zero-order valence-corrected chi connectivity index (χ0v) is 11.3. The molecule has 1 aliphatic rings. The Hall–Kier alpha value is -1.13. The Morgan fingerprint density at radius 1 is 1.39 bits per heavy atom. The van der Waals surface area contributed by atoms with Gasteiger partial charge in [0.25, 0.3) is 0 Å². The second-order valence-corrected chi connectivity index (χ2v) is 6.18. The molecule has 0 atom stereocenters. The van der Waals surface area contributed by atoms with E-state index in [1.165, 1.54) is 35.9 Å². The van der Waals surface area contributed by atoms with E-state index >= 15 is 0 Å². The van der Waals surface area contributed by atoms with E-state index in [1.54, 1.807) is 11.3 Å². The molecule has 0 saturated heterocycles. The number of anilines is 1. The van der Waals surface area contributed by atoms with Crippen molar-refractivity contribution in [2.75, 3.05) is 12.3 Å². The van der Waals surface area contributed by atoms with E-state index in [0.29, 0.717) is 5.13 Å². The van der Waals surface area contributed by atoms with Gasteiger partial charge >= 0.3 is 0 Å². The standard InChI is InChI=1S/C14H19N3S/c15-14-17-12-6-5-11(8-13(12)18-14)9-16-7-1-2-10-3-4-10/h5-6,8,10,16H,1-4,7,9H2,(H2,15,17). The van der Waals surface area contributed by atoms with Crippen molar-refractivity contribution in [3.05, 3.63) is 23.8 Å². The molecule has 0 bridgehead atoms. The van der Waals surface area contributed by atoms with Gasteiger partial charge in [0.2, 0.25) is 0 Å². The Bertz CT molecular complexity index is 531. The number of fused-ring (bicyclic) bond motifs is 1. The van der Waals surface area contributed by atoms with Gasteiger partial charge in [-0.3, -0.25) is 0 Å². The highest BCUT2D eigenvalue weighted by atomic mass is 32.1. The van der Waals surface area contributed by atoms with Crippen molar-refractivity contribution in [2.24, 2.45) is 5.92 Å². The number of hydrogen-bond donors (Lipinski definition) is 2. The second kappa shape index (κ2) is 5.24. The Morgan fingerprint density at radius 2 is 2.28 bits per heavy atom. The average Bonchev–Trinajstić information content (AvgIpc) is 3.09. The molecule has 1 aromatic carbocycles. The van der Waals surface area contributed by atoms with E-state index in [4.69, 9.17) is 5.73 Å². The summed E-state index contributed by atoms with van der Waals surface area (Å²) in [4.78, 5) is 4.27. The molecule has 96 valence electrons. The maximum absolute atomic E-state index is 5.71. The number of benzene rings is 1. The number of nitrogen functional groups attached to an aromatic ring is 1. The summed E-state index contributed by atoms with van der Waals surface area (Å²) in [5.74, 6) is 1.04. The van der Waals surface area contributed by atoms with Crippen molar-refractivity contribution in [2.45, 2.75) is 32.2 Å². The van der Waals surface area contributed by atoms with Crippen LogP contribution in [0.15, 0.2) is 18.2 Å². The molecule has 2 aromatic rings. The minimum absolute atomic E-state index is 0.652. The highest BCUT2D eigenvalue weighted by Gasteiger charge is 2.19. The quantitative estimate of drug-likeness (QED) is 0.785. The number of aromatic nitrogens is 1. The van der Waals surface area contributed by atoms with E-state index in [2.05, 4.69) is 28.5 Å². The van der Waals surface area contributed by atoms with E-state index in [1.807, 2.05) is 0 Å². The smallest absolute Gasteiger partial charge is 0.181 e. The molecular weight excluding hydrogens is 242 g/mol. The maximum atomic E-state index is 5.71. The zero-order valence-electron chi connectivity index (χ0n) is 10.5. The lowest BCUT2D eigenvalue weighted by Crippen LogP contribution is -2.14. The summed E-state index contributed by atoms with van der Waals surface area (Å²) in [7, 11) is 0. The van der Waals surface area contributed by atoms with Crippen LogP contribution in [0.2, 0.25) is 0 Å². The molecule has 0 unspecified atom stereocenters. The molecule has 1 fully saturated rings. The summed E-state index contributed by atoms with van der Waals surface area (Å²) in [5.41, 5.74) is 8.03. The average molecular weight is 261 g/mol. The van der Waals surface area contributed by atoms with E-state index in [-0.39, 0.29) is 0 Å². The van der Waals surface area contributed by atoms with Crippen LogP contribution in [0.5, 0.6) is 0 Å². The largest absolute Gasteiger partial charge is 0.375 e. The predicted octanol–water partition coefficient (Wildman–Crippen LogP) is 3.16. The van der Waals surface area contributed by atoms with Gasteiger partial charge in [-0.2, -0.15) is 0 Å². The topological polar surface area (TPSA) is 50.9 Å². The summed E-state index contributed by atoms with van der Waals surface area (Å²) >= 11 is 1.56. The van der Waals surface area contributed by atoms with Crippen LogP contribution in [0, 0.1) is 5.92 Å². The molecule has 0 radical (unpaired) electrons. The lowest BCUT2D eigenvalue weighted by molar-refractivity contribution is 0.594. The van der Waals surface area contributed by atoms with Gasteiger partial charge < -0.3 is 11.1 Å². The molecule has 4 heteroatoms. The number of nitrogens with two attached hydrogens (primary N) is 1. The fourth-order valence-corrected chi connectivity index (χ4v) is 3.05. The minimum atomic E-state index is 0.652. The van der Waals surface area contributed by atoms with Gasteiger partial charge in [0.1, 0.15) is 0 Å². The fraction of sp³-hybridized carbons (Fsp3) is 0.500. The Balaban J connectivity index is 1.50. The normalized spacial score (nSPS) is 15.3. The lowest BCUT2D eigenvalue weighted by Gasteiger charge is -2.04. The van der Waals surface area contributed by atoms with Crippen LogP contribution in [-0.2, 0) is 6.54 Å². The van der Waals surface area contributed by atoms with Crippen LogP contribution < -0.4 is 11.1 Å². The molecule has 1 aliphatic carbocycles. The molecule has 1 saturated carbocycles. The van der Waals surface area contributed by atoms with Crippen molar-refractivity contribution in [1.82, 2.24) is 10.3 Å². The molecule has 1 heterocycles. The van der Waals surface area contributed by atoms with Crippen LogP contribution in [0.3, 0.4) is 0 Å². The second-order valence-electron chi connectivity index (χ2n) is 5.12. The first-order valence-corrected chi connectivity index (χ1v) is 7.48. The molecule has 0 spiro atoms. The van der Waals surface area contributed by atoms with Crippen molar-refractivity contribution >= 4 is 26.7 Å². The summed E-state index contributed by atoms with van der Waals surface area (Å²) < 4.78 is 1.18. The van der Waals surface area contributed by atoms with Gasteiger partial charge in [0.15, 0.2) is 5.13 Å². The first kappa shape index (κ1) is 11.9. The predicted molar refractivity (Wildman–Crippen MR) is 77.7 cm³/mol. The minimum Gasteiger partial charge on any atom is -0.375 e. The van der Waals surface area contributed by atoms with Crippen LogP contribution in [-0.4, -0.2) is 11.5 Å². The molecular formula is C14H19N3S. The van der Waals surface area contributed by atoms with E-state index < -0.39 is 0 Å². The highest BCUT2D eigenvalue weighted by molar-refractivity contribution is 7.22. The van der Waals surface area contributed by atoms with Gasteiger partial charge in [-0.1, -0.05) is 30.2 Å². The molecule has 0 aliphatic heterocycles. The van der Waals surface area contributed by atoms with Crippen molar-refractivity contribution in [1.29, 1.82) is 0 Å². The van der Waals surface area contributed by atoms with Gasteiger partial charge in [-0.25, -0.2) is 4.98 Å². The molecule has 1 aromatic heterocycles. The fourth-order valence-electron chi connectivity index (χ4n) is 2.25. The number of hydrogen-bond acceptors (Lipinski definition) is 4. The van der Waals surface area contributed by atoms with Gasteiger partial charge in [0.05, 0.1) is 10.2 Å². The third kappa shape index (κ3) is 3.00. The van der Waals surface area contributed by atoms with Gasteiger partial charge in [-0.05, 0) is 43.0 Å². The lowest BCUT2D eigenvalue weighted by atomic mass is 10.2. The number of nitrogens with one attached hydrogen (secondary N) is 1. The number of nitrogens with zero attached hydrogens (tertiary/aromatic N) is 1. The first-order chi connectivity index (χ1) is 8.81. The summed E-state index contributed by atoms with van der Waals surface area (Å²) in [6.45, 7) is 2.07. The first-order valence-electron chi connectivity index (χ1n) is 6.67. The molecule has 18 heavy (non-hydrogen) atoms. The van der Waals surface area contributed by atoms with Crippen LogP contribution in [0.4, 0.5) is 5.13 Å². The Kier molecular flexibility index (Phi) is 3.48. The third-order valence-corrected chi connectivity index (χ3v) is 4.31. The van der Waals surface area contributed by atoms with Crippen LogP contribution in [0.1, 0.15) is 31.2 Å². The molecule has 3 rings (SSSR count). The highest BCUT2D eigenvalue weighted by Crippen LogP contribution is 2.33. The van der Waals surface area contributed by atoms with Crippen molar-refractivity contribution in [3.63, 3.8) is 0 Å². The molecule has 3 N–H and O–H groups in total. The summed E-state index contributed by atoms with van der Waals surface area (Å²) in [6.07, 6.45) is 5.63. The molecule has 0 amide bonds. The van der Waals surface area contributed by atoms with Crippen LogP contribution >= 0.6 is 11.3 Å². The maximum Gasteiger partial charge on any atom is 0.181 e. The van der Waals surface area contributed by atoms with Gasteiger partial charge in [0, 0.05) is 6.54 Å². The SMILES string of the molecule is Nc1nc2ccc(CNCCCC3CC3)cc2s1. The zero-order chi connectivity index (χ0) is 12.4. The summed E-state index contributed by atoms with van der Waals surface area (Å²) in [6, 6.07) is 6.38. The Labute approximate surface area is 111 Å². The monoisotopic (exact) mass is 261 g/mol. The van der Waals surface area contributed by atoms with Crippen LogP contribution in [0.25, 0.3) is 10.2 Å². The third-order valence-electron chi connectivity index (χ3n) is 3.46. The van der Waals surface area contributed by atoms with Crippen molar-refractivity contribution < 1.29 is 0 Å². The van der Waals surface area contributed by atoms with E-state index in [9.17, 15) is 0 Å². The van der Waals surface area contributed by atoms with Gasteiger partial charge in [-0.15, -0.1) is 0 Å². The number of thiazole rings is 1. The van der Waals surface area contributed by atoms with Crippen molar-refractivity contribution in [3.8, 4) is 0 Å². The van der Waals surface area contributed by atoms with E-state index in [0.717, 1.165) is 24.5 Å². The summed E-state index contributed by atoms with van der Waals surface area (Å²) in [5, 5.41) is 4.16. The Morgan fingerprint density at radius 3 is 3.11 bits per heavy atom. The number of rotatable bonds is 6. The molecule has 3 nitrogen and oxygen atoms in total.